The summed E-state index contributed by atoms with van der Waals surface area (Å²) >= 11 is 0. The van der Waals surface area contributed by atoms with Crippen molar-refractivity contribution in [1.82, 2.24) is 10.6 Å². The van der Waals surface area contributed by atoms with Crippen LogP contribution in [0.5, 0.6) is 0 Å². The van der Waals surface area contributed by atoms with E-state index >= 15 is 0 Å². The van der Waals surface area contributed by atoms with Crippen molar-refractivity contribution in [3.05, 3.63) is 29.8 Å². The standard InChI is InChI=1S/C19H33N3O3S.HI/c1-5-19(6-2,12-13-23)15-22-18(20-7-3)21-14-16-8-10-17(11-9-16)26(4,24)25;/h8-11,23H,5-7,12-15H2,1-4H3,(H2,20,21,22);1H. The van der Waals surface area contributed by atoms with E-state index in [1.54, 1.807) is 24.3 Å². The van der Waals surface area contributed by atoms with Crippen LogP contribution in [0.2, 0.25) is 0 Å². The first-order valence-corrected chi connectivity index (χ1v) is 11.1. The minimum absolute atomic E-state index is 0. The van der Waals surface area contributed by atoms with Gasteiger partial charge in [0.05, 0.1) is 11.4 Å². The molecular formula is C19H34IN3O3S. The highest BCUT2D eigenvalue weighted by atomic mass is 127. The molecule has 6 nitrogen and oxygen atoms in total. The quantitative estimate of drug-likeness (QED) is 0.255. The summed E-state index contributed by atoms with van der Waals surface area (Å²) in [5.41, 5.74) is 1.00. The average Bonchev–Trinajstić information content (AvgIpc) is 2.62. The Labute approximate surface area is 181 Å². The van der Waals surface area contributed by atoms with Gasteiger partial charge in [-0.25, -0.2) is 13.4 Å². The minimum atomic E-state index is -3.18. The van der Waals surface area contributed by atoms with Crippen LogP contribution in [0.3, 0.4) is 0 Å². The summed E-state index contributed by atoms with van der Waals surface area (Å²) < 4.78 is 23.0. The molecule has 8 heteroatoms. The Kier molecular flexibility index (Phi) is 12.2. The van der Waals surface area contributed by atoms with Crippen molar-refractivity contribution >= 4 is 39.8 Å². The molecule has 0 aromatic heterocycles. The molecule has 0 aliphatic rings. The van der Waals surface area contributed by atoms with Gasteiger partial charge in [0.25, 0.3) is 0 Å². The van der Waals surface area contributed by atoms with E-state index in [1.165, 1.54) is 6.26 Å². The molecule has 156 valence electrons. The number of hydrogen-bond acceptors (Lipinski definition) is 4. The van der Waals surface area contributed by atoms with Crippen molar-refractivity contribution in [1.29, 1.82) is 0 Å². The van der Waals surface area contributed by atoms with Crippen LogP contribution in [0, 0.1) is 5.41 Å². The Morgan fingerprint density at radius 3 is 2.15 bits per heavy atom. The third-order valence-electron chi connectivity index (χ3n) is 4.89. The van der Waals surface area contributed by atoms with Gasteiger partial charge in [0.2, 0.25) is 0 Å². The topological polar surface area (TPSA) is 90.8 Å². The highest BCUT2D eigenvalue weighted by molar-refractivity contribution is 14.0. The van der Waals surface area contributed by atoms with E-state index in [9.17, 15) is 13.5 Å². The van der Waals surface area contributed by atoms with Crippen LogP contribution in [0.1, 0.15) is 45.6 Å². The molecule has 0 spiro atoms. The molecule has 3 N–H and O–H groups in total. The number of rotatable bonds is 10. The van der Waals surface area contributed by atoms with E-state index in [1.807, 2.05) is 6.92 Å². The normalized spacial score (nSPS) is 12.4. The number of guanidine groups is 1. The molecule has 0 heterocycles. The highest BCUT2D eigenvalue weighted by Crippen LogP contribution is 2.29. The van der Waals surface area contributed by atoms with Crippen LogP contribution >= 0.6 is 24.0 Å². The molecule has 0 unspecified atom stereocenters. The number of nitrogens with zero attached hydrogens (tertiary/aromatic N) is 1. The Morgan fingerprint density at radius 1 is 1.11 bits per heavy atom. The van der Waals surface area contributed by atoms with Crippen LogP contribution in [0.25, 0.3) is 0 Å². The van der Waals surface area contributed by atoms with E-state index in [-0.39, 0.29) is 36.0 Å². The molecule has 27 heavy (non-hydrogen) atoms. The fourth-order valence-corrected chi connectivity index (χ4v) is 3.43. The number of benzene rings is 1. The number of aliphatic imine (C=N–C) groups is 1. The van der Waals surface area contributed by atoms with Crippen LogP contribution in [-0.4, -0.2) is 45.4 Å². The van der Waals surface area contributed by atoms with Crippen molar-refractivity contribution in [2.75, 3.05) is 26.0 Å². The molecule has 1 aromatic rings. The van der Waals surface area contributed by atoms with E-state index in [4.69, 9.17) is 0 Å². The second kappa shape index (κ2) is 12.6. The lowest BCUT2D eigenvalue weighted by atomic mass is 9.79. The maximum absolute atomic E-state index is 11.5. The van der Waals surface area contributed by atoms with E-state index in [0.29, 0.717) is 11.4 Å². The fraction of sp³-hybridized carbons (Fsp3) is 0.632. The molecule has 0 fully saturated rings. The Balaban J connectivity index is 0.00000676. The molecule has 0 radical (unpaired) electrons. The summed E-state index contributed by atoms with van der Waals surface area (Å²) in [5.74, 6) is 0.726. The number of halogens is 1. The number of aliphatic hydroxyl groups excluding tert-OH is 1. The van der Waals surface area contributed by atoms with Crippen LogP contribution < -0.4 is 10.6 Å². The second-order valence-electron chi connectivity index (χ2n) is 6.65. The molecule has 1 aromatic carbocycles. The largest absolute Gasteiger partial charge is 0.396 e. The average molecular weight is 511 g/mol. The van der Waals surface area contributed by atoms with Crippen LogP contribution in [0.4, 0.5) is 0 Å². The van der Waals surface area contributed by atoms with Gasteiger partial charge in [-0.05, 0) is 49.3 Å². The molecule has 0 aliphatic heterocycles. The Bertz CT molecular complexity index is 672. The predicted molar refractivity (Wildman–Crippen MR) is 123 cm³/mol. The molecule has 0 aliphatic carbocycles. The van der Waals surface area contributed by atoms with E-state index in [0.717, 1.165) is 43.9 Å². The Morgan fingerprint density at radius 2 is 1.70 bits per heavy atom. The van der Waals surface area contributed by atoms with Gasteiger partial charge >= 0.3 is 0 Å². The summed E-state index contributed by atoms with van der Waals surface area (Å²) in [6.45, 7) is 8.46. The Hall–Kier alpha value is -0.870. The summed E-state index contributed by atoms with van der Waals surface area (Å²) in [7, 11) is -3.18. The molecule has 1 rings (SSSR count). The lowest BCUT2D eigenvalue weighted by Crippen LogP contribution is -2.43. The van der Waals surface area contributed by atoms with Gasteiger partial charge in [0.15, 0.2) is 15.8 Å². The monoisotopic (exact) mass is 511 g/mol. The first kappa shape index (κ1) is 26.1. The number of nitrogens with one attached hydrogen (secondary N) is 2. The third-order valence-corrected chi connectivity index (χ3v) is 6.02. The summed E-state index contributed by atoms with van der Waals surface area (Å²) in [4.78, 5) is 4.90. The first-order chi connectivity index (χ1) is 12.3. The second-order valence-corrected chi connectivity index (χ2v) is 8.66. The summed E-state index contributed by atoms with van der Waals surface area (Å²) in [6, 6.07) is 6.80. The molecule has 0 amide bonds. The van der Waals surface area contributed by atoms with Crippen molar-refractivity contribution in [2.24, 2.45) is 10.4 Å². The zero-order valence-electron chi connectivity index (χ0n) is 16.8. The zero-order valence-corrected chi connectivity index (χ0v) is 19.9. The predicted octanol–water partition coefficient (Wildman–Crippen LogP) is 2.95. The van der Waals surface area contributed by atoms with Crippen LogP contribution in [0.15, 0.2) is 34.2 Å². The molecule has 0 bridgehead atoms. The van der Waals surface area contributed by atoms with E-state index in [2.05, 4.69) is 29.5 Å². The fourth-order valence-electron chi connectivity index (χ4n) is 2.80. The molecule has 0 saturated carbocycles. The third kappa shape index (κ3) is 8.78. The number of aliphatic hydroxyl groups is 1. The summed E-state index contributed by atoms with van der Waals surface area (Å²) in [6.07, 6.45) is 3.94. The molecular weight excluding hydrogens is 477 g/mol. The van der Waals surface area contributed by atoms with Crippen molar-refractivity contribution in [3.8, 4) is 0 Å². The lowest BCUT2D eigenvalue weighted by Gasteiger charge is -2.32. The van der Waals surface area contributed by atoms with Crippen LogP contribution in [-0.2, 0) is 16.4 Å². The van der Waals surface area contributed by atoms with Gasteiger partial charge in [-0.3, -0.25) is 0 Å². The number of hydrogen-bond donors (Lipinski definition) is 3. The van der Waals surface area contributed by atoms with Crippen molar-refractivity contribution in [2.45, 2.75) is 51.5 Å². The number of sulfone groups is 1. The first-order valence-electron chi connectivity index (χ1n) is 9.22. The van der Waals surface area contributed by atoms with Gasteiger partial charge in [0, 0.05) is 26.0 Å². The maximum Gasteiger partial charge on any atom is 0.191 e. The highest BCUT2D eigenvalue weighted by Gasteiger charge is 2.25. The summed E-state index contributed by atoms with van der Waals surface area (Å²) in [5, 5.41) is 16.0. The van der Waals surface area contributed by atoms with Gasteiger partial charge in [0.1, 0.15) is 0 Å². The zero-order chi connectivity index (χ0) is 19.6. The van der Waals surface area contributed by atoms with Crippen molar-refractivity contribution < 1.29 is 13.5 Å². The van der Waals surface area contributed by atoms with E-state index < -0.39 is 9.84 Å². The molecule has 0 atom stereocenters. The molecule has 0 saturated heterocycles. The van der Waals surface area contributed by atoms with Gasteiger partial charge in [-0.1, -0.05) is 26.0 Å². The van der Waals surface area contributed by atoms with Gasteiger partial charge in [-0.15, -0.1) is 24.0 Å². The van der Waals surface area contributed by atoms with Gasteiger partial charge in [-0.2, -0.15) is 0 Å². The lowest BCUT2D eigenvalue weighted by molar-refractivity contribution is 0.169. The maximum atomic E-state index is 11.5. The SMILES string of the molecule is CCNC(=NCc1ccc(S(C)(=O)=O)cc1)NCC(CC)(CC)CCO.I. The minimum Gasteiger partial charge on any atom is -0.396 e. The van der Waals surface area contributed by atoms with Gasteiger partial charge < -0.3 is 15.7 Å². The smallest absolute Gasteiger partial charge is 0.191 e. The van der Waals surface area contributed by atoms with Crippen molar-refractivity contribution in [3.63, 3.8) is 0 Å².